The minimum absolute atomic E-state index is 0.409. The van der Waals surface area contributed by atoms with Gasteiger partial charge in [-0.2, -0.15) is 0 Å². The minimum Gasteiger partial charge on any atom is -0.383 e. The number of aromatic nitrogens is 1. The standard InChI is InChI=1S/C48H34N4/c49-47(36-23-21-34(22-24-36)39-18-8-12-35-13-9-29-50-46(35)39)52-48(51-31-32-10-2-1-3-11-32)37-25-19-33(20-26-37)38-27-28-44-42-16-5-4-14-40(42)41-15-6-7-17-43(41)45(44)30-38/h1-30H,31H2,(H2,49,51,52). The Morgan fingerprint density at radius 1 is 0.481 bits per heavy atom. The fourth-order valence-corrected chi connectivity index (χ4v) is 7.18. The van der Waals surface area contributed by atoms with Crippen LogP contribution in [0.25, 0.3) is 65.5 Å². The third kappa shape index (κ3) is 5.86. The van der Waals surface area contributed by atoms with Crippen LogP contribution in [0.4, 0.5) is 0 Å². The smallest absolute Gasteiger partial charge is 0.157 e. The first-order valence-corrected chi connectivity index (χ1v) is 17.5. The van der Waals surface area contributed by atoms with Crippen LogP contribution in [0, 0.1) is 0 Å². The summed E-state index contributed by atoms with van der Waals surface area (Å²) < 4.78 is 0. The van der Waals surface area contributed by atoms with Crippen molar-refractivity contribution in [2.24, 2.45) is 15.7 Å². The van der Waals surface area contributed by atoms with Gasteiger partial charge in [0.15, 0.2) is 5.84 Å². The van der Waals surface area contributed by atoms with Crippen LogP contribution in [0.1, 0.15) is 16.7 Å². The maximum atomic E-state index is 6.70. The summed E-state index contributed by atoms with van der Waals surface area (Å²) in [7, 11) is 0. The quantitative estimate of drug-likeness (QED) is 0.109. The number of para-hydroxylation sites is 1. The predicted molar refractivity (Wildman–Crippen MR) is 219 cm³/mol. The van der Waals surface area contributed by atoms with Crippen LogP contribution in [-0.4, -0.2) is 16.7 Å². The van der Waals surface area contributed by atoms with Gasteiger partial charge in [-0.15, -0.1) is 0 Å². The molecule has 4 heteroatoms. The van der Waals surface area contributed by atoms with Gasteiger partial charge in [0.1, 0.15) is 5.84 Å². The Bertz CT molecular complexity index is 2760. The second-order valence-corrected chi connectivity index (χ2v) is 13.0. The summed E-state index contributed by atoms with van der Waals surface area (Å²) in [6.45, 7) is 0.493. The number of nitrogens with zero attached hydrogens (tertiary/aromatic N) is 3. The highest BCUT2D eigenvalue weighted by Crippen LogP contribution is 2.37. The monoisotopic (exact) mass is 666 g/mol. The first kappa shape index (κ1) is 31.1. The summed E-state index contributed by atoms with van der Waals surface area (Å²) in [6.07, 6.45) is 1.83. The molecule has 9 aromatic rings. The van der Waals surface area contributed by atoms with Crippen LogP contribution in [0.15, 0.2) is 192 Å². The van der Waals surface area contributed by atoms with Gasteiger partial charge in [0.05, 0.1) is 12.1 Å². The van der Waals surface area contributed by atoms with Crippen molar-refractivity contribution in [2.45, 2.75) is 6.54 Å². The molecule has 0 spiro atoms. The van der Waals surface area contributed by atoms with Gasteiger partial charge in [-0.1, -0.05) is 164 Å². The molecule has 0 radical (unpaired) electrons. The van der Waals surface area contributed by atoms with Gasteiger partial charge in [-0.25, -0.2) is 4.99 Å². The molecule has 0 unspecified atom stereocenters. The second-order valence-electron chi connectivity index (χ2n) is 13.0. The van der Waals surface area contributed by atoms with E-state index in [4.69, 9.17) is 15.7 Å². The van der Waals surface area contributed by atoms with Gasteiger partial charge in [0, 0.05) is 28.3 Å². The molecular weight excluding hydrogens is 633 g/mol. The number of fused-ring (bicyclic) bond motifs is 7. The van der Waals surface area contributed by atoms with Crippen LogP contribution in [0.3, 0.4) is 0 Å². The van der Waals surface area contributed by atoms with E-state index in [1.165, 1.54) is 32.3 Å². The second kappa shape index (κ2) is 13.4. The molecule has 0 aliphatic carbocycles. The van der Waals surface area contributed by atoms with Crippen molar-refractivity contribution in [3.63, 3.8) is 0 Å². The number of pyridine rings is 1. The molecule has 246 valence electrons. The molecule has 0 aliphatic heterocycles. The molecule has 0 saturated carbocycles. The zero-order valence-corrected chi connectivity index (χ0v) is 28.4. The van der Waals surface area contributed by atoms with Crippen molar-refractivity contribution in [1.82, 2.24) is 4.98 Å². The number of nitrogens with two attached hydrogens (primary N) is 1. The normalized spacial score (nSPS) is 12.2. The lowest BCUT2D eigenvalue weighted by Gasteiger charge is -2.12. The number of hydrogen-bond acceptors (Lipinski definition) is 2. The van der Waals surface area contributed by atoms with Crippen molar-refractivity contribution < 1.29 is 0 Å². The average molecular weight is 667 g/mol. The topological polar surface area (TPSA) is 63.6 Å². The number of hydrogen-bond donors (Lipinski definition) is 1. The van der Waals surface area contributed by atoms with Crippen molar-refractivity contribution >= 4 is 54.9 Å². The van der Waals surface area contributed by atoms with Crippen LogP contribution >= 0.6 is 0 Å². The zero-order chi connectivity index (χ0) is 34.9. The van der Waals surface area contributed by atoms with Crippen LogP contribution in [0.5, 0.6) is 0 Å². The summed E-state index contributed by atoms with van der Waals surface area (Å²) in [5.74, 6) is 0.998. The van der Waals surface area contributed by atoms with E-state index in [0.29, 0.717) is 18.2 Å². The van der Waals surface area contributed by atoms with Crippen molar-refractivity contribution in [3.05, 3.63) is 199 Å². The molecule has 0 bridgehead atoms. The van der Waals surface area contributed by atoms with Gasteiger partial charge in [0.25, 0.3) is 0 Å². The summed E-state index contributed by atoms with van der Waals surface area (Å²) in [4.78, 5) is 14.5. The molecule has 1 aromatic heterocycles. The summed E-state index contributed by atoms with van der Waals surface area (Å²) >= 11 is 0. The van der Waals surface area contributed by atoms with E-state index in [2.05, 4.69) is 145 Å². The van der Waals surface area contributed by atoms with Crippen LogP contribution in [0.2, 0.25) is 0 Å². The number of amidine groups is 2. The first-order valence-electron chi connectivity index (χ1n) is 17.5. The Hall–Kier alpha value is -6.91. The molecule has 0 aliphatic rings. The molecule has 0 saturated heterocycles. The lowest BCUT2D eigenvalue weighted by Crippen LogP contribution is -2.16. The zero-order valence-electron chi connectivity index (χ0n) is 28.4. The summed E-state index contributed by atoms with van der Waals surface area (Å²) in [6, 6.07) is 61.3. The van der Waals surface area contributed by atoms with E-state index in [9.17, 15) is 0 Å². The largest absolute Gasteiger partial charge is 0.383 e. The van der Waals surface area contributed by atoms with Crippen molar-refractivity contribution in [1.29, 1.82) is 0 Å². The Morgan fingerprint density at radius 3 is 1.77 bits per heavy atom. The predicted octanol–water partition coefficient (Wildman–Crippen LogP) is 11.4. The van der Waals surface area contributed by atoms with Gasteiger partial charge in [-0.05, 0) is 66.7 Å². The Labute approximate surface area is 302 Å². The summed E-state index contributed by atoms with van der Waals surface area (Å²) in [5, 5.41) is 8.71. The molecule has 0 atom stereocenters. The Balaban J connectivity index is 1.06. The SMILES string of the molecule is NC(=NC(=NCc1ccccc1)c1ccc(-c2ccc3c4ccccc4c4ccccc4c3c2)cc1)c1ccc(-c2cccc3cccnc23)cc1. The number of rotatable bonds is 6. The average Bonchev–Trinajstić information content (AvgIpc) is 3.22. The third-order valence-corrected chi connectivity index (χ3v) is 9.83. The van der Waals surface area contributed by atoms with E-state index in [0.717, 1.165) is 49.8 Å². The molecular formula is C48H34N4. The molecule has 0 fully saturated rings. The van der Waals surface area contributed by atoms with E-state index < -0.39 is 0 Å². The lowest BCUT2D eigenvalue weighted by molar-refractivity contribution is 1.06. The molecule has 52 heavy (non-hydrogen) atoms. The summed E-state index contributed by atoms with van der Waals surface area (Å²) in [5.41, 5.74) is 15.0. The fraction of sp³-hybridized carbons (Fsp3) is 0.0208. The Kier molecular flexibility index (Phi) is 8.03. The van der Waals surface area contributed by atoms with E-state index in [1.54, 1.807) is 0 Å². The van der Waals surface area contributed by atoms with Crippen molar-refractivity contribution in [3.8, 4) is 22.3 Å². The maximum absolute atomic E-state index is 6.70. The van der Waals surface area contributed by atoms with Crippen molar-refractivity contribution in [2.75, 3.05) is 0 Å². The van der Waals surface area contributed by atoms with Gasteiger partial charge in [0.2, 0.25) is 0 Å². The molecule has 8 aromatic carbocycles. The van der Waals surface area contributed by atoms with Crippen LogP contribution < -0.4 is 5.73 Å². The number of aliphatic imine (C=N–C) groups is 2. The highest BCUT2D eigenvalue weighted by Gasteiger charge is 2.12. The minimum atomic E-state index is 0.409. The molecule has 9 rings (SSSR count). The highest BCUT2D eigenvalue weighted by molar-refractivity contribution is 6.25. The van der Waals surface area contributed by atoms with E-state index in [-0.39, 0.29) is 0 Å². The van der Waals surface area contributed by atoms with Crippen LogP contribution in [-0.2, 0) is 6.54 Å². The third-order valence-electron chi connectivity index (χ3n) is 9.83. The van der Waals surface area contributed by atoms with Gasteiger partial charge < -0.3 is 5.73 Å². The van der Waals surface area contributed by atoms with E-state index >= 15 is 0 Å². The van der Waals surface area contributed by atoms with E-state index in [1.807, 2.05) is 42.6 Å². The number of benzene rings is 8. The lowest BCUT2D eigenvalue weighted by atomic mass is 9.92. The van der Waals surface area contributed by atoms with Gasteiger partial charge >= 0.3 is 0 Å². The first-order chi connectivity index (χ1) is 25.7. The maximum Gasteiger partial charge on any atom is 0.157 e. The molecule has 0 amide bonds. The molecule has 1 heterocycles. The van der Waals surface area contributed by atoms with Gasteiger partial charge in [-0.3, -0.25) is 9.98 Å². The molecule has 2 N–H and O–H groups in total. The fourth-order valence-electron chi connectivity index (χ4n) is 7.18. The Morgan fingerprint density at radius 2 is 1.06 bits per heavy atom. The molecule has 4 nitrogen and oxygen atoms in total. The highest BCUT2D eigenvalue weighted by atomic mass is 15.0.